The van der Waals surface area contributed by atoms with Crippen molar-refractivity contribution in [3.8, 4) is 0 Å². The van der Waals surface area contributed by atoms with Gasteiger partial charge < -0.3 is 9.64 Å². The number of carbonyl (C=O) groups excluding carboxylic acids is 1. The lowest BCUT2D eigenvalue weighted by molar-refractivity contribution is 0.0260. The van der Waals surface area contributed by atoms with Crippen molar-refractivity contribution in [2.45, 2.75) is 66.9 Å². The minimum atomic E-state index is -0.414. The average Bonchev–Trinajstić information content (AvgIpc) is 2.82. The van der Waals surface area contributed by atoms with Gasteiger partial charge in [-0.25, -0.2) is 4.79 Å². The molecule has 0 aromatic heterocycles. The topological polar surface area (TPSA) is 29.5 Å². The molecule has 0 aromatic rings. The molecule has 0 N–H and O–H groups in total. The maximum Gasteiger partial charge on any atom is 0.410 e. The van der Waals surface area contributed by atoms with Crippen LogP contribution in [0.4, 0.5) is 4.79 Å². The lowest BCUT2D eigenvalue weighted by atomic mass is 9.92. The number of hydrogen-bond acceptors (Lipinski definition) is 2. The van der Waals surface area contributed by atoms with Crippen molar-refractivity contribution >= 4 is 6.09 Å². The van der Waals surface area contributed by atoms with E-state index in [1.807, 2.05) is 39.5 Å². The second kappa shape index (κ2) is 7.15. The zero-order chi connectivity index (χ0) is 16.2. The van der Waals surface area contributed by atoms with E-state index in [0.717, 1.165) is 25.9 Å². The van der Waals surface area contributed by atoms with Crippen LogP contribution in [0.1, 0.15) is 61.3 Å². The van der Waals surface area contributed by atoms with Gasteiger partial charge in [-0.1, -0.05) is 33.8 Å². The summed E-state index contributed by atoms with van der Waals surface area (Å²) in [5.74, 6) is 0.584. The lowest BCUT2D eigenvalue weighted by Crippen LogP contribution is -2.40. The molecule has 0 unspecified atom stereocenters. The van der Waals surface area contributed by atoms with E-state index in [4.69, 9.17) is 4.74 Å². The molecule has 1 aliphatic heterocycles. The summed E-state index contributed by atoms with van der Waals surface area (Å²) in [5, 5.41) is 0. The first kappa shape index (κ1) is 17.8. The molecule has 21 heavy (non-hydrogen) atoms. The zero-order valence-electron chi connectivity index (χ0n) is 14.7. The fourth-order valence-electron chi connectivity index (χ4n) is 2.79. The third-order valence-electron chi connectivity index (χ3n) is 3.63. The summed E-state index contributed by atoms with van der Waals surface area (Å²) in [4.78, 5) is 13.9. The van der Waals surface area contributed by atoms with Gasteiger partial charge in [-0.2, -0.15) is 0 Å². The van der Waals surface area contributed by atoms with Gasteiger partial charge in [-0.15, -0.1) is 0 Å². The highest BCUT2D eigenvalue weighted by atomic mass is 16.6. The highest BCUT2D eigenvalue weighted by Gasteiger charge is 2.30. The first-order valence-corrected chi connectivity index (χ1v) is 8.17. The van der Waals surface area contributed by atoms with Crippen LogP contribution < -0.4 is 0 Å². The van der Waals surface area contributed by atoms with Gasteiger partial charge in [-0.3, -0.25) is 0 Å². The van der Waals surface area contributed by atoms with E-state index < -0.39 is 5.60 Å². The minimum Gasteiger partial charge on any atom is -0.444 e. The molecule has 3 nitrogen and oxygen atoms in total. The normalized spacial score (nSPS) is 18.1. The summed E-state index contributed by atoms with van der Waals surface area (Å²) in [6.45, 7) is 15.7. The first-order chi connectivity index (χ1) is 9.78. The van der Waals surface area contributed by atoms with Crippen molar-refractivity contribution in [3.63, 3.8) is 0 Å². The standard InChI is InChI=1S/C16H25NO2.C2H6/c1-11(2)13-7-6-12-10-17(9-8-14(12)13)15(18)19-16(3,4)5;1-2/h7,11H,6,8-10H2,1-5H3;1-2H3. The fourth-order valence-corrected chi connectivity index (χ4v) is 2.79. The van der Waals surface area contributed by atoms with Gasteiger partial charge in [-0.05, 0) is 56.3 Å². The van der Waals surface area contributed by atoms with Crippen LogP contribution in [0.5, 0.6) is 0 Å². The summed E-state index contributed by atoms with van der Waals surface area (Å²) < 4.78 is 5.45. The van der Waals surface area contributed by atoms with E-state index in [1.165, 1.54) is 16.7 Å². The largest absolute Gasteiger partial charge is 0.444 e. The molecule has 0 spiro atoms. The van der Waals surface area contributed by atoms with Gasteiger partial charge in [0.1, 0.15) is 5.60 Å². The molecule has 1 amide bonds. The smallest absolute Gasteiger partial charge is 0.410 e. The number of nitrogens with zero attached hydrogens (tertiary/aromatic N) is 1. The Kier molecular flexibility index (Phi) is 6.06. The molecule has 1 heterocycles. The Morgan fingerprint density at radius 1 is 1.29 bits per heavy atom. The maximum absolute atomic E-state index is 12.1. The molecule has 3 heteroatoms. The molecule has 0 fully saturated rings. The molecular formula is C18H31NO2. The predicted molar refractivity (Wildman–Crippen MR) is 88.3 cm³/mol. The molecule has 1 aliphatic carbocycles. The second-order valence-corrected chi connectivity index (χ2v) is 6.75. The fraction of sp³-hybridized carbons (Fsp3) is 0.722. The molecule has 120 valence electrons. The third kappa shape index (κ3) is 4.62. The van der Waals surface area contributed by atoms with Crippen LogP contribution in [0.2, 0.25) is 0 Å². The summed E-state index contributed by atoms with van der Waals surface area (Å²) in [6.07, 6.45) is 4.12. The molecule has 2 aliphatic rings. The van der Waals surface area contributed by atoms with Crippen molar-refractivity contribution in [2.75, 3.05) is 13.1 Å². The van der Waals surface area contributed by atoms with Gasteiger partial charge in [0.2, 0.25) is 0 Å². The van der Waals surface area contributed by atoms with Crippen LogP contribution in [0.15, 0.2) is 22.8 Å². The van der Waals surface area contributed by atoms with E-state index >= 15 is 0 Å². The Balaban J connectivity index is 0.00000106. The summed E-state index contributed by atoms with van der Waals surface area (Å²) in [5.41, 5.74) is 3.97. The van der Waals surface area contributed by atoms with Gasteiger partial charge in [0.15, 0.2) is 0 Å². The quantitative estimate of drug-likeness (QED) is 0.685. The Morgan fingerprint density at radius 2 is 1.90 bits per heavy atom. The number of rotatable bonds is 1. The maximum atomic E-state index is 12.1. The molecule has 2 rings (SSSR count). The SMILES string of the molecule is CC.CC(C)C1=CCC2=C1CCN(C(=O)OC(C)(C)C)C2. The molecule has 0 saturated carbocycles. The number of carbonyl (C=O) groups is 1. The zero-order valence-corrected chi connectivity index (χ0v) is 14.7. The monoisotopic (exact) mass is 293 g/mol. The Morgan fingerprint density at radius 3 is 2.43 bits per heavy atom. The van der Waals surface area contributed by atoms with Crippen molar-refractivity contribution in [3.05, 3.63) is 22.8 Å². The van der Waals surface area contributed by atoms with Crippen LogP contribution in [0, 0.1) is 5.92 Å². The van der Waals surface area contributed by atoms with Gasteiger partial charge in [0.05, 0.1) is 0 Å². The second-order valence-electron chi connectivity index (χ2n) is 6.75. The van der Waals surface area contributed by atoms with Gasteiger partial charge in [0, 0.05) is 13.1 Å². The Labute approximate surface area is 130 Å². The number of hydrogen-bond donors (Lipinski definition) is 0. The molecule has 0 atom stereocenters. The Hall–Kier alpha value is -1.25. The molecule has 0 bridgehead atoms. The molecular weight excluding hydrogens is 262 g/mol. The van der Waals surface area contributed by atoms with Gasteiger partial charge >= 0.3 is 6.09 Å². The van der Waals surface area contributed by atoms with E-state index in [9.17, 15) is 4.79 Å². The van der Waals surface area contributed by atoms with E-state index in [-0.39, 0.29) is 6.09 Å². The highest BCUT2D eigenvalue weighted by molar-refractivity contribution is 5.69. The predicted octanol–water partition coefficient (Wildman–Crippen LogP) is 4.94. The molecule has 0 saturated heterocycles. The van der Waals surface area contributed by atoms with Crippen LogP contribution >= 0.6 is 0 Å². The summed E-state index contributed by atoms with van der Waals surface area (Å²) in [6, 6.07) is 0. The Bertz CT molecular complexity index is 439. The van der Waals surface area contributed by atoms with Crippen molar-refractivity contribution in [1.82, 2.24) is 4.90 Å². The summed E-state index contributed by atoms with van der Waals surface area (Å²) in [7, 11) is 0. The van der Waals surface area contributed by atoms with E-state index in [2.05, 4.69) is 19.9 Å². The number of allylic oxidation sites excluding steroid dienone is 2. The van der Waals surface area contributed by atoms with Crippen LogP contribution in [0.3, 0.4) is 0 Å². The highest BCUT2D eigenvalue weighted by Crippen LogP contribution is 2.36. The summed E-state index contributed by atoms with van der Waals surface area (Å²) >= 11 is 0. The average molecular weight is 293 g/mol. The third-order valence-corrected chi connectivity index (χ3v) is 3.63. The van der Waals surface area contributed by atoms with Crippen LogP contribution in [-0.2, 0) is 4.74 Å². The minimum absolute atomic E-state index is 0.183. The number of ether oxygens (including phenoxy) is 1. The van der Waals surface area contributed by atoms with Crippen molar-refractivity contribution < 1.29 is 9.53 Å². The molecule has 0 aromatic carbocycles. The van der Waals surface area contributed by atoms with E-state index in [1.54, 1.807) is 0 Å². The lowest BCUT2D eigenvalue weighted by Gasteiger charge is -2.32. The van der Waals surface area contributed by atoms with E-state index in [0.29, 0.717) is 5.92 Å². The first-order valence-electron chi connectivity index (χ1n) is 8.17. The molecule has 0 radical (unpaired) electrons. The van der Waals surface area contributed by atoms with Crippen LogP contribution in [-0.4, -0.2) is 29.7 Å². The van der Waals surface area contributed by atoms with Crippen LogP contribution in [0.25, 0.3) is 0 Å². The van der Waals surface area contributed by atoms with Gasteiger partial charge in [0.25, 0.3) is 0 Å². The van der Waals surface area contributed by atoms with Crippen molar-refractivity contribution in [2.24, 2.45) is 5.92 Å². The number of amides is 1. The van der Waals surface area contributed by atoms with Crippen molar-refractivity contribution in [1.29, 1.82) is 0 Å².